The lowest BCUT2D eigenvalue weighted by atomic mass is 10.0. The molecule has 0 fully saturated rings. The Hall–Kier alpha value is -1.81. The molecule has 0 unspecified atom stereocenters. The minimum atomic E-state index is 0.502. The summed E-state index contributed by atoms with van der Waals surface area (Å²) in [5.41, 5.74) is 9.73. The number of benzene rings is 1. The van der Waals surface area contributed by atoms with Gasteiger partial charge >= 0.3 is 0 Å². The molecule has 0 aliphatic heterocycles. The quantitative estimate of drug-likeness (QED) is 0.629. The number of nitrogens with one attached hydrogen (secondary N) is 1. The van der Waals surface area contributed by atoms with Crippen molar-refractivity contribution < 1.29 is 0 Å². The fourth-order valence-corrected chi connectivity index (χ4v) is 3.01. The molecule has 0 spiro atoms. The van der Waals surface area contributed by atoms with E-state index in [1.807, 2.05) is 0 Å². The second-order valence-corrected chi connectivity index (χ2v) is 5.91. The fourth-order valence-electron chi connectivity index (χ4n) is 2.31. The van der Waals surface area contributed by atoms with E-state index in [-0.39, 0.29) is 0 Å². The summed E-state index contributed by atoms with van der Waals surface area (Å²) < 4.78 is 0. The largest absolute Gasteiger partial charge is 0.370 e. The molecular weight excluding hydrogens is 278 g/mol. The third-order valence-corrected chi connectivity index (χ3v) is 4.41. The van der Waals surface area contributed by atoms with Gasteiger partial charge in [-0.1, -0.05) is 38.1 Å². The Balaban J connectivity index is 2.03. The van der Waals surface area contributed by atoms with Crippen molar-refractivity contribution in [3.05, 3.63) is 51.7 Å². The van der Waals surface area contributed by atoms with Crippen LogP contribution in [0.5, 0.6) is 0 Å². The fraction of sp³-hybridized carbons (Fsp3) is 0.353. The van der Waals surface area contributed by atoms with Crippen LogP contribution in [0.2, 0.25) is 0 Å². The van der Waals surface area contributed by atoms with Crippen LogP contribution < -0.4 is 11.1 Å². The summed E-state index contributed by atoms with van der Waals surface area (Å²) in [6, 6.07) is 10.6. The number of guanidine groups is 1. The standard InChI is InChI=1S/C17H23N3S/c1-3-13-7-5-8-14(4-2)16(13)20-17(18)19-11-10-15-9-6-12-21-15/h5-9,12H,3-4,10-11H2,1-2H3,(H3,18,19,20). The first-order valence-electron chi connectivity index (χ1n) is 7.44. The summed E-state index contributed by atoms with van der Waals surface area (Å²) in [6.07, 6.45) is 2.91. The van der Waals surface area contributed by atoms with Crippen molar-refractivity contribution in [3.63, 3.8) is 0 Å². The van der Waals surface area contributed by atoms with E-state index in [1.165, 1.54) is 16.0 Å². The maximum Gasteiger partial charge on any atom is 0.193 e. The van der Waals surface area contributed by atoms with E-state index in [9.17, 15) is 0 Å². The number of nitrogens with zero attached hydrogens (tertiary/aromatic N) is 1. The van der Waals surface area contributed by atoms with Crippen LogP contribution in [0.3, 0.4) is 0 Å². The summed E-state index contributed by atoms with van der Waals surface area (Å²) in [7, 11) is 0. The summed E-state index contributed by atoms with van der Waals surface area (Å²) in [5, 5.41) is 5.38. The number of rotatable bonds is 6. The smallest absolute Gasteiger partial charge is 0.193 e. The first-order chi connectivity index (χ1) is 10.2. The summed E-state index contributed by atoms with van der Waals surface area (Å²) in [4.78, 5) is 5.78. The van der Waals surface area contributed by atoms with Gasteiger partial charge in [-0.05, 0) is 35.4 Å². The van der Waals surface area contributed by atoms with Gasteiger partial charge in [-0.2, -0.15) is 0 Å². The molecule has 1 heterocycles. The van der Waals surface area contributed by atoms with E-state index in [0.717, 1.165) is 31.5 Å². The van der Waals surface area contributed by atoms with Crippen LogP contribution in [0, 0.1) is 0 Å². The van der Waals surface area contributed by atoms with Gasteiger partial charge in [-0.3, -0.25) is 4.99 Å². The molecule has 0 aliphatic carbocycles. The minimum absolute atomic E-state index is 0.502. The van der Waals surface area contributed by atoms with E-state index in [2.05, 4.69) is 59.9 Å². The molecule has 1 aromatic heterocycles. The lowest BCUT2D eigenvalue weighted by molar-refractivity contribution is 0.982. The number of aliphatic imine (C=N–C) groups is 1. The van der Waals surface area contributed by atoms with Crippen molar-refractivity contribution in [2.75, 3.05) is 11.9 Å². The zero-order chi connectivity index (χ0) is 15.1. The van der Waals surface area contributed by atoms with Crippen LogP contribution in [-0.4, -0.2) is 12.5 Å². The van der Waals surface area contributed by atoms with E-state index < -0.39 is 0 Å². The zero-order valence-corrected chi connectivity index (χ0v) is 13.5. The Kier molecular flexibility index (Phi) is 5.81. The van der Waals surface area contributed by atoms with Gasteiger partial charge in [-0.15, -0.1) is 11.3 Å². The number of para-hydroxylation sites is 1. The predicted molar refractivity (Wildman–Crippen MR) is 93.3 cm³/mol. The van der Waals surface area contributed by atoms with Gasteiger partial charge < -0.3 is 11.1 Å². The minimum Gasteiger partial charge on any atom is -0.370 e. The van der Waals surface area contributed by atoms with E-state index in [4.69, 9.17) is 5.73 Å². The molecule has 2 aromatic rings. The number of anilines is 1. The summed E-state index contributed by atoms with van der Waals surface area (Å²) >= 11 is 1.76. The highest BCUT2D eigenvalue weighted by atomic mass is 32.1. The van der Waals surface area contributed by atoms with Crippen LogP contribution in [-0.2, 0) is 19.3 Å². The molecule has 3 nitrogen and oxygen atoms in total. The molecule has 0 saturated heterocycles. The number of aryl methyl sites for hydroxylation is 2. The van der Waals surface area contributed by atoms with Crippen LogP contribution in [0.4, 0.5) is 5.69 Å². The topological polar surface area (TPSA) is 50.4 Å². The van der Waals surface area contributed by atoms with Crippen molar-refractivity contribution in [2.24, 2.45) is 10.7 Å². The SMILES string of the molecule is CCc1cccc(CC)c1NC(N)=NCCc1cccs1. The van der Waals surface area contributed by atoms with Gasteiger partial charge in [0.15, 0.2) is 5.96 Å². The molecule has 0 bridgehead atoms. The second kappa shape index (κ2) is 7.84. The Morgan fingerprint density at radius 2 is 1.86 bits per heavy atom. The van der Waals surface area contributed by atoms with Crippen molar-refractivity contribution in [1.82, 2.24) is 0 Å². The third-order valence-electron chi connectivity index (χ3n) is 3.47. The van der Waals surface area contributed by atoms with E-state index >= 15 is 0 Å². The van der Waals surface area contributed by atoms with Gasteiger partial charge in [-0.25, -0.2) is 0 Å². The van der Waals surface area contributed by atoms with Crippen molar-refractivity contribution in [2.45, 2.75) is 33.1 Å². The first-order valence-corrected chi connectivity index (χ1v) is 8.32. The highest BCUT2D eigenvalue weighted by Crippen LogP contribution is 2.22. The molecule has 0 atom stereocenters. The first kappa shape index (κ1) is 15.6. The van der Waals surface area contributed by atoms with Gasteiger partial charge in [0.2, 0.25) is 0 Å². The van der Waals surface area contributed by atoms with Gasteiger partial charge in [0.05, 0.1) is 0 Å². The molecular formula is C17H23N3S. The van der Waals surface area contributed by atoms with Crippen molar-refractivity contribution in [3.8, 4) is 0 Å². The Morgan fingerprint density at radius 3 is 2.43 bits per heavy atom. The molecule has 4 heteroatoms. The molecule has 1 aromatic carbocycles. The highest BCUT2D eigenvalue weighted by Gasteiger charge is 2.06. The van der Waals surface area contributed by atoms with E-state index in [0.29, 0.717) is 5.96 Å². The maximum absolute atomic E-state index is 6.03. The maximum atomic E-state index is 6.03. The van der Waals surface area contributed by atoms with Crippen molar-refractivity contribution in [1.29, 1.82) is 0 Å². The van der Waals surface area contributed by atoms with Crippen LogP contribution in [0.25, 0.3) is 0 Å². The Labute approximate surface area is 130 Å². The number of thiophene rings is 1. The average Bonchev–Trinajstić information content (AvgIpc) is 3.00. The zero-order valence-electron chi connectivity index (χ0n) is 12.7. The van der Waals surface area contributed by atoms with Gasteiger partial charge in [0.1, 0.15) is 0 Å². The average molecular weight is 301 g/mol. The number of hydrogen-bond acceptors (Lipinski definition) is 2. The molecule has 3 N–H and O–H groups in total. The summed E-state index contributed by atoms with van der Waals surface area (Å²) in [6.45, 7) is 5.03. The molecule has 112 valence electrons. The van der Waals surface area contributed by atoms with Gasteiger partial charge in [0.25, 0.3) is 0 Å². The monoisotopic (exact) mass is 301 g/mol. The van der Waals surface area contributed by atoms with Crippen LogP contribution >= 0.6 is 11.3 Å². The molecule has 0 radical (unpaired) electrons. The predicted octanol–water partition coefficient (Wildman–Crippen LogP) is 3.84. The highest BCUT2D eigenvalue weighted by molar-refractivity contribution is 7.09. The van der Waals surface area contributed by atoms with Gasteiger partial charge in [0, 0.05) is 23.5 Å². The van der Waals surface area contributed by atoms with E-state index in [1.54, 1.807) is 11.3 Å². The molecule has 0 amide bonds. The lowest BCUT2D eigenvalue weighted by Gasteiger charge is -2.14. The lowest BCUT2D eigenvalue weighted by Crippen LogP contribution is -2.24. The second-order valence-electron chi connectivity index (χ2n) is 4.88. The van der Waals surface area contributed by atoms with Crippen LogP contribution in [0.1, 0.15) is 29.9 Å². The molecule has 21 heavy (non-hydrogen) atoms. The Morgan fingerprint density at radius 1 is 1.14 bits per heavy atom. The third kappa shape index (κ3) is 4.33. The normalized spacial score (nSPS) is 11.6. The molecule has 2 rings (SSSR count). The van der Waals surface area contributed by atoms with Crippen LogP contribution in [0.15, 0.2) is 40.7 Å². The molecule has 0 saturated carbocycles. The Bertz CT molecular complexity index is 566. The summed E-state index contributed by atoms with van der Waals surface area (Å²) in [5.74, 6) is 0.502. The number of nitrogens with two attached hydrogens (primary N) is 1. The number of hydrogen-bond donors (Lipinski definition) is 2. The molecule has 0 aliphatic rings. The van der Waals surface area contributed by atoms with Crippen molar-refractivity contribution >= 4 is 23.0 Å².